The number of benzene rings is 2. The summed E-state index contributed by atoms with van der Waals surface area (Å²) in [5, 5.41) is 2.84. The van der Waals surface area contributed by atoms with Crippen molar-refractivity contribution in [3.05, 3.63) is 48.5 Å². The molecule has 0 bridgehead atoms. The molecule has 3 rings (SSSR count). The lowest BCUT2D eigenvalue weighted by Crippen LogP contribution is -2.13. The third-order valence-corrected chi connectivity index (χ3v) is 5.29. The van der Waals surface area contributed by atoms with Crippen LogP contribution in [-0.2, 0) is 4.79 Å². The van der Waals surface area contributed by atoms with Crippen molar-refractivity contribution in [2.75, 3.05) is 25.3 Å². The van der Waals surface area contributed by atoms with Crippen LogP contribution in [-0.4, -0.2) is 35.2 Å². The number of hydrogen-bond donors (Lipinski definition) is 1. The van der Waals surface area contributed by atoms with Gasteiger partial charge in [0.25, 0.3) is 0 Å². The van der Waals surface area contributed by atoms with Crippen molar-refractivity contribution in [3.63, 3.8) is 0 Å². The fraction of sp³-hybridized carbons (Fsp3) is 0.167. The molecule has 0 saturated carbocycles. The number of amides is 1. The molecule has 0 spiro atoms. The lowest BCUT2D eigenvalue weighted by Gasteiger charge is -2.05. The Morgan fingerprint density at radius 2 is 1.65 bits per heavy atom. The van der Waals surface area contributed by atoms with Gasteiger partial charge in [-0.1, -0.05) is 11.8 Å². The minimum Gasteiger partial charge on any atom is -0.497 e. The van der Waals surface area contributed by atoms with E-state index in [4.69, 9.17) is 9.47 Å². The Hall–Kier alpha value is -2.58. The Bertz CT molecular complexity index is 864. The summed E-state index contributed by atoms with van der Waals surface area (Å²) >= 11 is 2.64. The zero-order valence-electron chi connectivity index (χ0n) is 14.3. The maximum absolute atomic E-state index is 12.1. The number of hydrogen-bond acceptors (Lipinski definition) is 7. The Balaban J connectivity index is 1.54. The zero-order valence-corrected chi connectivity index (χ0v) is 15.9. The predicted octanol–water partition coefficient (Wildman–Crippen LogP) is 3.95. The fourth-order valence-corrected chi connectivity index (χ4v) is 3.54. The topological polar surface area (TPSA) is 73.3 Å². The number of nitrogens with zero attached hydrogens (tertiary/aromatic N) is 2. The van der Waals surface area contributed by atoms with Gasteiger partial charge in [-0.25, -0.2) is 4.98 Å². The number of thioether (sulfide) groups is 1. The first-order valence-corrected chi connectivity index (χ1v) is 9.48. The van der Waals surface area contributed by atoms with Crippen molar-refractivity contribution in [1.29, 1.82) is 0 Å². The fourth-order valence-electron chi connectivity index (χ4n) is 2.12. The molecule has 3 aromatic rings. The summed E-state index contributed by atoms with van der Waals surface area (Å²) in [5.41, 5.74) is 1.64. The molecule has 2 aromatic carbocycles. The van der Waals surface area contributed by atoms with Gasteiger partial charge in [-0.15, -0.1) is 0 Å². The van der Waals surface area contributed by atoms with Gasteiger partial charge in [0, 0.05) is 11.3 Å². The van der Waals surface area contributed by atoms with Crippen molar-refractivity contribution in [3.8, 4) is 22.9 Å². The van der Waals surface area contributed by atoms with Crippen LogP contribution >= 0.6 is 23.3 Å². The minimum absolute atomic E-state index is 0.0960. The van der Waals surface area contributed by atoms with Gasteiger partial charge in [0.1, 0.15) is 11.5 Å². The maximum atomic E-state index is 12.1. The first-order chi connectivity index (χ1) is 12.7. The molecule has 0 unspecified atom stereocenters. The van der Waals surface area contributed by atoms with Crippen LogP contribution in [0.4, 0.5) is 5.69 Å². The molecule has 0 aliphatic rings. The molecule has 1 heterocycles. The van der Waals surface area contributed by atoms with Gasteiger partial charge in [-0.3, -0.25) is 4.79 Å². The second-order valence-electron chi connectivity index (χ2n) is 5.18. The number of carbonyl (C=O) groups is 1. The molecule has 0 fully saturated rings. The molecule has 134 valence electrons. The highest BCUT2D eigenvalue weighted by Crippen LogP contribution is 2.26. The lowest BCUT2D eigenvalue weighted by molar-refractivity contribution is -0.113. The largest absolute Gasteiger partial charge is 0.497 e. The Morgan fingerprint density at radius 1 is 1.04 bits per heavy atom. The van der Waals surface area contributed by atoms with E-state index in [1.165, 1.54) is 23.3 Å². The van der Waals surface area contributed by atoms with E-state index < -0.39 is 0 Å². The van der Waals surface area contributed by atoms with Gasteiger partial charge in [-0.2, -0.15) is 4.37 Å². The van der Waals surface area contributed by atoms with Crippen LogP contribution in [0.1, 0.15) is 0 Å². The quantitative estimate of drug-likeness (QED) is 0.619. The minimum atomic E-state index is -0.0960. The molecule has 1 amide bonds. The van der Waals surface area contributed by atoms with E-state index in [1.807, 2.05) is 24.3 Å². The standard InChI is InChI=1S/C18H17N3O3S2/c1-23-14-7-3-12(4-8-14)17-20-18(26-21-17)25-11-16(22)19-13-5-9-15(24-2)10-6-13/h3-10H,11H2,1-2H3,(H,19,22). The Kier molecular flexibility index (Phi) is 6.08. The molecular weight excluding hydrogens is 370 g/mol. The number of rotatable bonds is 7. The van der Waals surface area contributed by atoms with E-state index in [2.05, 4.69) is 14.7 Å². The van der Waals surface area contributed by atoms with Crippen molar-refractivity contribution < 1.29 is 14.3 Å². The van der Waals surface area contributed by atoms with Crippen LogP contribution in [0.5, 0.6) is 11.5 Å². The number of anilines is 1. The van der Waals surface area contributed by atoms with Gasteiger partial charge in [0.15, 0.2) is 10.2 Å². The molecule has 26 heavy (non-hydrogen) atoms. The van der Waals surface area contributed by atoms with Crippen LogP contribution in [0.3, 0.4) is 0 Å². The van der Waals surface area contributed by atoms with Crippen LogP contribution in [0, 0.1) is 0 Å². The number of aromatic nitrogens is 2. The predicted molar refractivity (Wildman–Crippen MR) is 104 cm³/mol. The number of methoxy groups -OCH3 is 2. The summed E-state index contributed by atoms with van der Waals surface area (Å²) in [6.45, 7) is 0. The number of carbonyl (C=O) groups excluding carboxylic acids is 1. The van der Waals surface area contributed by atoms with Crippen LogP contribution in [0.2, 0.25) is 0 Å². The van der Waals surface area contributed by atoms with E-state index in [1.54, 1.807) is 38.5 Å². The molecule has 8 heteroatoms. The Morgan fingerprint density at radius 3 is 2.27 bits per heavy atom. The molecule has 1 aromatic heterocycles. The van der Waals surface area contributed by atoms with E-state index in [9.17, 15) is 4.79 Å². The van der Waals surface area contributed by atoms with Gasteiger partial charge in [0.2, 0.25) is 5.91 Å². The van der Waals surface area contributed by atoms with Crippen molar-refractivity contribution >= 4 is 34.9 Å². The Labute approximate surface area is 159 Å². The third-order valence-electron chi connectivity index (χ3n) is 3.46. The normalized spacial score (nSPS) is 10.4. The van der Waals surface area contributed by atoms with Gasteiger partial charge < -0.3 is 14.8 Å². The summed E-state index contributed by atoms with van der Waals surface area (Å²) in [4.78, 5) is 16.5. The third kappa shape index (κ3) is 4.74. The molecule has 0 radical (unpaired) electrons. The van der Waals surface area contributed by atoms with E-state index >= 15 is 0 Å². The smallest absolute Gasteiger partial charge is 0.234 e. The first kappa shape index (κ1) is 18.2. The SMILES string of the molecule is COc1ccc(NC(=O)CSc2nc(-c3ccc(OC)cc3)ns2)cc1. The van der Waals surface area contributed by atoms with Gasteiger partial charge in [-0.05, 0) is 60.1 Å². The zero-order chi connectivity index (χ0) is 18.4. The van der Waals surface area contributed by atoms with E-state index in [0.29, 0.717) is 5.82 Å². The molecule has 6 nitrogen and oxygen atoms in total. The van der Waals surface area contributed by atoms with Gasteiger partial charge >= 0.3 is 0 Å². The highest BCUT2D eigenvalue weighted by Gasteiger charge is 2.10. The highest BCUT2D eigenvalue weighted by atomic mass is 32.2. The summed E-state index contributed by atoms with van der Waals surface area (Å²) < 4.78 is 15.3. The molecule has 0 aliphatic heterocycles. The average Bonchev–Trinajstić information content (AvgIpc) is 3.16. The van der Waals surface area contributed by atoms with E-state index in [-0.39, 0.29) is 11.7 Å². The monoisotopic (exact) mass is 387 g/mol. The maximum Gasteiger partial charge on any atom is 0.234 e. The molecular formula is C18H17N3O3S2. The van der Waals surface area contributed by atoms with Crippen molar-refractivity contribution in [2.45, 2.75) is 4.34 Å². The second kappa shape index (κ2) is 8.68. The van der Waals surface area contributed by atoms with Crippen LogP contribution < -0.4 is 14.8 Å². The molecule has 0 aliphatic carbocycles. The second-order valence-corrected chi connectivity index (χ2v) is 7.15. The van der Waals surface area contributed by atoms with Crippen LogP contribution in [0.15, 0.2) is 52.9 Å². The molecule has 0 saturated heterocycles. The molecule has 1 N–H and O–H groups in total. The summed E-state index contributed by atoms with van der Waals surface area (Å²) in [5.74, 6) is 2.35. The van der Waals surface area contributed by atoms with Gasteiger partial charge in [0.05, 0.1) is 20.0 Å². The summed E-state index contributed by atoms with van der Waals surface area (Å²) in [7, 11) is 3.23. The number of ether oxygens (including phenoxy) is 2. The average molecular weight is 387 g/mol. The van der Waals surface area contributed by atoms with Crippen molar-refractivity contribution in [2.24, 2.45) is 0 Å². The lowest BCUT2D eigenvalue weighted by atomic mass is 10.2. The highest BCUT2D eigenvalue weighted by molar-refractivity contribution is 8.01. The van der Waals surface area contributed by atoms with Crippen LogP contribution in [0.25, 0.3) is 11.4 Å². The summed E-state index contributed by atoms with van der Waals surface area (Å²) in [6.07, 6.45) is 0. The first-order valence-electron chi connectivity index (χ1n) is 7.73. The summed E-state index contributed by atoms with van der Waals surface area (Å²) in [6, 6.07) is 14.7. The number of nitrogens with one attached hydrogen (secondary N) is 1. The van der Waals surface area contributed by atoms with E-state index in [0.717, 1.165) is 27.1 Å². The molecule has 0 atom stereocenters. The van der Waals surface area contributed by atoms with Crippen molar-refractivity contribution in [1.82, 2.24) is 9.36 Å².